The van der Waals surface area contributed by atoms with E-state index in [1.165, 1.54) is 6.92 Å². The van der Waals surface area contributed by atoms with Crippen molar-refractivity contribution < 1.29 is 4.39 Å². The van der Waals surface area contributed by atoms with E-state index in [4.69, 9.17) is 34.8 Å². The Hall–Kier alpha value is -0.955. The first-order chi connectivity index (χ1) is 11.0. The predicted molar refractivity (Wildman–Crippen MR) is 102 cm³/mol. The Kier molecular flexibility index (Phi) is 7.01. The average molecular weight is 370 g/mol. The molecule has 2 aromatic carbocycles. The van der Waals surface area contributed by atoms with E-state index in [1.807, 2.05) is 54.6 Å². The molecule has 5 heteroatoms. The maximum atomic E-state index is 13.2. The maximum Gasteiger partial charge on any atom is 0.213 e. The second-order valence-corrected chi connectivity index (χ2v) is 6.83. The summed E-state index contributed by atoms with van der Waals surface area (Å²) in [5, 5.41) is 0.756. The molecule has 2 unspecified atom stereocenters. The van der Waals surface area contributed by atoms with Crippen LogP contribution >= 0.6 is 34.8 Å². The number of hydrogen-bond donors (Lipinski definition) is 0. The molecule has 0 aliphatic rings. The summed E-state index contributed by atoms with van der Waals surface area (Å²) < 4.78 is 13.2. The summed E-state index contributed by atoms with van der Waals surface area (Å²) in [7, 11) is 0. The highest BCUT2D eigenvalue weighted by Crippen LogP contribution is 2.12. The summed E-state index contributed by atoms with van der Waals surface area (Å²) in [5.74, 6) is 0. The molecule has 2 atom stereocenters. The number of benzene rings is 2. The Morgan fingerprint density at radius 2 is 1.57 bits per heavy atom. The van der Waals surface area contributed by atoms with Gasteiger partial charge >= 0.3 is 0 Å². The molecule has 0 nitrogen and oxygen atoms in total. The quantitative estimate of drug-likeness (QED) is 0.376. The number of rotatable bonds is 6. The summed E-state index contributed by atoms with van der Waals surface area (Å²) in [6.45, 7) is 1.54. The fourth-order valence-corrected chi connectivity index (χ4v) is 2.91. The second kappa shape index (κ2) is 8.77. The van der Waals surface area contributed by atoms with Crippen molar-refractivity contribution in [3.63, 3.8) is 0 Å². The van der Waals surface area contributed by atoms with Crippen LogP contribution in [0.3, 0.4) is 0 Å². The Bertz CT molecular complexity index is 627. The van der Waals surface area contributed by atoms with Crippen LogP contribution in [0.1, 0.15) is 6.92 Å². The molecule has 0 heterocycles. The Morgan fingerprint density at radius 3 is 2.00 bits per heavy atom. The Balaban J connectivity index is 2.28. The van der Waals surface area contributed by atoms with Gasteiger partial charge in [-0.25, -0.2) is 4.39 Å². The van der Waals surface area contributed by atoms with E-state index in [0.717, 1.165) is 10.9 Å². The van der Waals surface area contributed by atoms with Crippen molar-refractivity contribution in [3.8, 4) is 0 Å². The van der Waals surface area contributed by atoms with E-state index in [1.54, 1.807) is 6.08 Å². The summed E-state index contributed by atoms with van der Waals surface area (Å²) in [4.78, 5) is 0. The molecular formula is C18H17BCl3F. The molecular weight excluding hydrogens is 352 g/mol. The zero-order chi connectivity index (χ0) is 16.8. The maximum absolute atomic E-state index is 13.2. The molecule has 23 heavy (non-hydrogen) atoms. The average Bonchev–Trinajstić information content (AvgIpc) is 2.51. The van der Waals surface area contributed by atoms with Crippen molar-refractivity contribution in [1.29, 1.82) is 0 Å². The van der Waals surface area contributed by atoms with Crippen molar-refractivity contribution in [2.75, 3.05) is 0 Å². The molecule has 0 amide bonds. The van der Waals surface area contributed by atoms with Crippen molar-refractivity contribution >= 4 is 52.4 Å². The van der Waals surface area contributed by atoms with Crippen LogP contribution in [0, 0.1) is 0 Å². The van der Waals surface area contributed by atoms with Crippen LogP contribution in [0.25, 0.3) is 0 Å². The Labute approximate surface area is 152 Å². The van der Waals surface area contributed by atoms with E-state index >= 15 is 0 Å². The third-order valence-corrected chi connectivity index (χ3v) is 4.60. The summed E-state index contributed by atoms with van der Waals surface area (Å²) in [6, 6.07) is 15.5. The van der Waals surface area contributed by atoms with Crippen LogP contribution in [0.4, 0.5) is 4.39 Å². The van der Waals surface area contributed by atoms with Gasteiger partial charge in [0, 0.05) is 10.0 Å². The first-order valence-electron chi connectivity index (χ1n) is 7.43. The van der Waals surface area contributed by atoms with E-state index in [-0.39, 0.29) is 6.71 Å². The molecule has 0 bridgehead atoms. The van der Waals surface area contributed by atoms with Gasteiger partial charge in [-0.15, -0.1) is 11.6 Å². The minimum atomic E-state index is -1.08. The molecule has 0 saturated heterocycles. The van der Waals surface area contributed by atoms with Gasteiger partial charge in [0.15, 0.2) is 0 Å². The molecule has 2 aromatic rings. The van der Waals surface area contributed by atoms with Crippen molar-refractivity contribution in [2.24, 2.45) is 0 Å². The highest BCUT2D eigenvalue weighted by molar-refractivity contribution is 6.85. The lowest BCUT2D eigenvalue weighted by atomic mass is 9.38. The fraction of sp³-hybridized carbons (Fsp3) is 0.222. The number of hydrogen-bond acceptors (Lipinski definition) is 0. The zero-order valence-corrected chi connectivity index (χ0v) is 15.0. The molecule has 2 rings (SSSR count). The number of allylic oxidation sites excluding steroid dienone is 2. The summed E-state index contributed by atoms with van der Waals surface area (Å²) in [5.41, 5.74) is 2.17. The lowest BCUT2D eigenvalue weighted by molar-refractivity contribution is 0.369. The topological polar surface area (TPSA) is 0 Å². The molecule has 0 radical (unpaired) electrons. The van der Waals surface area contributed by atoms with Gasteiger partial charge in [0.1, 0.15) is 6.17 Å². The van der Waals surface area contributed by atoms with Gasteiger partial charge in [-0.05, 0) is 37.5 Å². The first kappa shape index (κ1) is 18.4. The highest BCUT2D eigenvalue weighted by atomic mass is 35.5. The van der Waals surface area contributed by atoms with Crippen LogP contribution in [-0.2, 0) is 0 Å². The van der Waals surface area contributed by atoms with Crippen molar-refractivity contribution in [1.82, 2.24) is 0 Å². The van der Waals surface area contributed by atoms with Gasteiger partial charge in [0.2, 0.25) is 6.71 Å². The SMILES string of the molecule is CC(F)C(Cl)C=CCB(c1cccc(Cl)c1)c1cccc(Cl)c1. The lowest BCUT2D eigenvalue weighted by Crippen LogP contribution is -2.41. The monoisotopic (exact) mass is 368 g/mol. The lowest BCUT2D eigenvalue weighted by Gasteiger charge is -2.14. The van der Waals surface area contributed by atoms with Gasteiger partial charge in [-0.2, -0.15) is 0 Å². The molecule has 0 fully saturated rings. The normalized spacial score (nSPS) is 14.0. The number of halogens is 4. The van der Waals surface area contributed by atoms with Crippen LogP contribution in [0.5, 0.6) is 0 Å². The molecule has 0 aromatic heterocycles. The molecule has 0 aliphatic heterocycles. The molecule has 0 aliphatic carbocycles. The van der Waals surface area contributed by atoms with Gasteiger partial charge in [-0.3, -0.25) is 0 Å². The first-order valence-corrected chi connectivity index (χ1v) is 8.62. The van der Waals surface area contributed by atoms with Gasteiger partial charge in [0.25, 0.3) is 0 Å². The third-order valence-electron chi connectivity index (χ3n) is 3.63. The van der Waals surface area contributed by atoms with E-state index in [9.17, 15) is 4.39 Å². The molecule has 0 N–H and O–H groups in total. The Morgan fingerprint density at radius 1 is 1.04 bits per heavy atom. The summed E-state index contributed by atoms with van der Waals surface area (Å²) in [6.07, 6.45) is 3.23. The largest absolute Gasteiger partial charge is 0.246 e. The van der Waals surface area contributed by atoms with Crippen LogP contribution < -0.4 is 10.9 Å². The van der Waals surface area contributed by atoms with E-state index < -0.39 is 11.5 Å². The van der Waals surface area contributed by atoms with Crippen LogP contribution in [0.15, 0.2) is 60.7 Å². The van der Waals surface area contributed by atoms with Crippen LogP contribution in [0.2, 0.25) is 16.4 Å². The standard InChI is InChI=1S/C18H17BCl3F/c1-13(23)18(22)9-4-10-19(14-5-2-7-16(20)11-14)15-6-3-8-17(21)12-15/h2-9,11-13,18H,10H2,1H3. The predicted octanol–water partition coefficient (Wildman–Crippen LogP) is 5.12. The van der Waals surface area contributed by atoms with Crippen molar-refractivity contribution in [2.45, 2.75) is 24.8 Å². The smallest absolute Gasteiger partial charge is 0.213 e. The fourth-order valence-electron chi connectivity index (χ4n) is 2.41. The van der Waals surface area contributed by atoms with Gasteiger partial charge in [-0.1, -0.05) is 70.5 Å². The number of alkyl halides is 2. The van der Waals surface area contributed by atoms with Crippen LogP contribution in [-0.4, -0.2) is 18.3 Å². The third kappa shape index (κ3) is 5.56. The van der Waals surface area contributed by atoms with Gasteiger partial charge < -0.3 is 0 Å². The van der Waals surface area contributed by atoms with Crippen molar-refractivity contribution in [3.05, 3.63) is 70.7 Å². The molecule has 120 valence electrons. The van der Waals surface area contributed by atoms with E-state index in [2.05, 4.69) is 0 Å². The minimum absolute atomic E-state index is 0.0856. The van der Waals surface area contributed by atoms with E-state index in [0.29, 0.717) is 16.4 Å². The minimum Gasteiger partial charge on any atom is -0.246 e. The highest BCUT2D eigenvalue weighted by Gasteiger charge is 2.19. The summed E-state index contributed by atoms with van der Waals surface area (Å²) >= 11 is 18.2. The zero-order valence-electron chi connectivity index (χ0n) is 12.7. The van der Waals surface area contributed by atoms with Gasteiger partial charge in [0.05, 0.1) is 5.38 Å². The second-order valence-electron chi connectivity index (χ2n) is 5.45. The molecule has 0 saturated carbocycles. The molecule has 0 spiro atoms.